The fraction of sp³-hybridized carbons (Fsp3) is 0.293. The number of carbonyl (C=O) groups is 2. The third-order valence-corrected chi connectivity index (χ3v) is 13.2. The van der Waals surface area contributed by atoms with E-state index in [1.807, 2.05) is 6.92 Å². The van der Waals surface area contributed by atoms with Crippen LogP contribution in [-0.2, 0) is 4.74 Å². The van der Waals surface area contributed by atoms with Gasteiger partial charge in [0.05, 0.1) is 45.0 Å². The van der Waals surface area contributed by atoms with Crippen LogP contribution < -0.4 is 24.1 Å². The number of halogens is 2. The highest BCUT2D eigenvalue weighted by atomic mass is 28.4. The van der Waals surface area contributed by atoms with E-state index in [0.717, 1.165) is 29.5 Å². The number of fused-ring (bicyclic) bond motifs is 1. The second kappa shape index (κ2) is 18.0. The lowest BCUT2D eigenvalue weighted by atomic mass is 10.1. The van der Waals surface area contributed by atoms with E-state index >= 15 is 0 Å². The normalized spacial score (nSPS) is 11.0. The van der Waals surface area contributed by atoms with Crippen molar-refractivity contribution in [3.8, 4) is 45.8 Å². The number of benzene rings is 4. The molecule has 5 rings (SSSR count). The Morgan fingerprint density at radius 3 is 1.85 bits per heavy atom. The monoisotopic (exact) mass is 780 g/mol. The number of carbonyl (C=O) groups excluding carboxylic acids is 2. The van der Waals surface area contributed by atoms with Crippen LogP contribution in [0.15, 0.2) is 75.9 Å². The molecule has 0 radical (unpaired) electrons. The van der Waals surface area contributed by atoms with E-state index < -0.39 is 20.0 Å². The van der Waals surface area contributed by atoms with Crippen LogP contribution in [0.4, 0.5) is 8.78 Å². The van der Waals surface area contributed by atoms with E-state index in [-0.39, 0.29) is 67.5 Å². The van der Waals surface area contributed by atoms with Gasteiger partial charge in [0.25, 0.3) is 8.32 Å². The minimum Gasteiger partial charge on any atom is -0.541 e. The molecule has 0 amide bonds. The summed E-state index contributed by atoms with van der Waals surface area (Å²) in [5.41, 5.74) is 1.78. The summed E-state index contributed by atoms with van der Waals surface area (Å²) in [6.45, 7) is 14.1. The van der Waals surface area contributed by atoms with Crippen LogP contribution in [0.25, 0.3) is 22.3 Å². The predicted molar refractivity (Wildman–Crippen MR) is 208 cm³/mol. The highest BCUT2D eigenvalue weighted by Gasteiger charge is 2.40. The molecule has 0 saturated heterocycles. The van der Waals surface area contributed by atoms with Crippen molar-refractivity contribution in [2.45, 2.75) is 52.8 Å². The molecule has 4 aromatic carbocycles. The first-order valence-electron chi connectivity index (χ1n) is 16.8. The molecule has 0 atom stereocenters. The van der Waals surface area contributed by atoms with Gasteiger partial charge in [-0.2, -0.15) is 0 Å². The van der Waals surface area contributed by atoms with Crippen LogP contribution in [-0.4, -0.2) is 58.7 Å². The molecular weight excluding hydrogens is 735 g/mol. The minimum atomic E-state index is -1.97. The molecule has 0 fully saturated rings. The molecule has 0 bridgehead atoms. The Balaban J connectivity index is 0.000000235. The average Bonchev–Trinajstić information content (AvgIpc) is 3.11. The molecular formula is C41H46F2O11Si. The molecule has 0 aliphatic carbocycles. The third-order valence-electron chi connectivity index (χ3n) is 8.84. The van der Waals surface area contributed by atoms with Gasteiger partial charge in [0.1, 0.15) is 34.5 Å². The van der Waals surface area contributed by atoms with Gasteiger partial charge in [0.2, 0.25) is 5.75 Å². The van der Waals surface area contributed by atoms with Crippen LogP contribution >= 0.6 is 0 Å². The Kier molecular flexibility index (Phi) is 14.2. The molecule has 0 saturated carbocycles. The number of phenolic OH excluding ortho intramolecular Hbond substituents is 2. The van der Waals surface area contributed by atoms with Crippen molar-refractivity contribution in [2.24, 2.45) is 0 Å². The summed E-state index contributed by atoms with van der Waals surface area (Å²) in [4.78, 5) is 34.5. The second-order valence-corrected chi connectivity index (χ2v) is 18.5. The Hall–Kier alpha value is -5.89. The maximum atomic E-state index is 13.4. The molecule has 1 heterocycles. The van der Waals surface area contributed by atoms with Crippen molar-refractivity contribution in [1.29, 1.82) is 0 Å². The van der Waals surface area contributed by atoms with Crippen molar-refractivity contribution in [3.05, 3.63) is 105 Å². The van der Waals surface area contributed by atoms with Gasteiger partial charge in [-0.1, -0.05) is 20.8 Å². The van der Waals surface area contributed by atoms with Gasteiger partial charge < -0.3 is 38.0 Å². The quantitative estimate of drug-likeness (QED) is 0.0881. The van der Waals surface area contributed by atoms with Crippen LogP contribution in [0.5, 0.6) is 34.5 Å². The number of ether oxygens (including phenoxy) is 4. The summed E-state index contributed by atoms with van der Waals surface area (Å²) in [5.74, 6) is -0.335. The molecule has 0 aliphatic heterocycles. The first-order chi connectivity index (χ1) is 25.7. The minimum absolute atomic E-state index is 0.0888. The van der Waals surface area contributed by atoms with Crippen molar-refractivity contribution in [1.82, 2.24) is 0 Å². The van der Waals surface area contributed by atoms with Crippen molar-refractivity contribution in [2.75, 3.05) is 28.4 Å². The van der Waals surface area contributed by atoms with Crippen molar-refractivity contribution >= 4 is 31.0 Å². The Morgan fingerprint density at radius 1 is 0.782 bits per heavy atom. The SMILES string of the molecule is CC(=O)c1ccc(F)cc1O.COC(=O)c1cc(C)c(O[Si](C)(C)C(C)(C)C)c(OC)c1.COc1cc(-c2cc(=O)c3ccc(F)cc3o2)cc(OC)c1O. The zero-order valence-electron chi connectivity index (χ0n) is 32.7. The number of esters is 1. The summed E-state index contributed by atoms with van der Waals surface area (Å²) >= 11 is 0. The average molecular weight is 781 g/mol. The third kappa shape index (κ3) is 10.6. The topological polar surface area (TPSA) is 151 Å². The van der Waals surface area contributed by atoms with Gasteiger partial charge in [-0.15, -0.1) is 0 Å². The van der Waals surface area contributed by atoms with Crippen LogP contribution in [0.3, 0.4) is 0 Å². The van der Waals surface area contributed by atoms with Gasteiger partial charge in [-0.3, -0.25) is 9.59 Å². The van der Waals surface area contributed by atoms with Crippen LogP contribution in [0, 0.1) is 18.6 Å². The number of phenols is 2. The predicted octanol–water partition coefficient (Wildman–Crippen LogP) is 9.23. The summed E-state index contributed by atoms with van der Waals surface area (Å²) < 4.78 is 58.0. The summed E-state index contributed by atoms with van der Waals surface area (Å²) in [6, 6.07) is 14.8. The fourth-order valence-electron chi connectivity index (χ4n) is 4.78. The summed E-state index contributed by atoms with van der Waals surface area (Å²) in [5, 5.41) is 19.3. The molecule has 294 valence electrons. The highest BCUT2D eigenvalue weighted by molar-refractivity contribution is 6.74. The summed E-state index contributed by atoms with van der Waals surface area (Å²) in [7, 11) is 3.76. The molecule has 2 N–H and O–H groups in total. The lowest BCUT2D eigenvalue weighted by Gasteiger charge is -2.37. The Morgan fingerprint density at radius 2 is 1.35 bits per heavy atom. The van der Waals surface area contributed by atoms with Gasteiger partial charge in [-0.05, 0) is 86.1 Å². The number of hydrogen-bond donors (Lipinski definition) is 2. The number of hydrogen-bond acceptors (Lipinski definition) is 11. The zero-order chi connectivity index (χ0) is 41.4. The van der Waals surface area contributed by atoms with Crippen LogP contribution in [0.2, 0.25) is 18.1 Å². The standard InChI is InChI=1S/C17H13FO5.C16H26O4Si.C8H7FO2/c1-21-15-5-9(6-16(22-2)17(15)20)13-8-12(19)11-4-3-10(18)7-14(11)23-13;1-11-9-12(15(17)19-6)10-13(18-5)14(11)20-21(7,8)16(2,3)4;1-5(10)7-3-2-6(9)4-8(7)11/h3-8,20H,1-2H3;9-10H,1-8H3;2-4,11H,1H3. The zero-order valence-corrected chi connectivity index (χ0v) is 33.7. The molecule has 0 spiro atoms. The molecule has 1 aromatic heterocycles. The van der Waals surface area contributed by atoms with Crippen molar-refractivity contribution < 1.29 is 56.4 Å². The Labute approximate surface area is 319 Å². The first-order valence-corrected chi connectivity index (χ1v) is 19.7. The molecule has 14 heteroatoms. The molecule has 0 aliphatic rings. The number of aromatic hydroxyl groups is 2. The first kappa shape index (κ1) is 43.5. The molecule has 11 nitrogen and oxygen atoms in total. The number of methoxy groups -OCH3 is 4. The van der Waals surface area contributed by atoms with Crippen molar-refractivity contribution in [3.63, 3.8) is 0 Å². The van der Waals surface area contributed by atoms with Gasteiger partial charge >= 0.3 is 5.97 Å². The Bertz CT molecular complexity index is 2220. The molecule has 55 heavy (non-hydrogen) atoms. The highest BCUT2D eigenvalue weighted by Crippen LogP contribution is 2.42. The maximum absolute atomic E-state index is 13.4. The number of rotatable bonds is 8. The maximum Gasteiger partial charge on any atom is 0.337 e. The van der Waals surface area contributed by atoms with Gasteiger partial charge in [-0.25, -0.2) is 13.6 Å². The van der Waals surface area contributed by atoms with Crippen LogP contribution in [0.1, 0.15) is 54.0 Å². The number of aryl methyl sites for hydroxylation is 1. The van der Waals surface area contributed by atoms with E-state index in [2.05, 4.69) is 33.9 Å². The van der Waals surface area contributed by atoms with E-state index in [9.17, 15) is 28.3 Å². The lowest BCUT2D eigenvalue weighted by molar-refractivity contribution is 0.0600. The number of ketones is 1. The van der Waals surface area contributed by atoms with E-state index in [1.165, 1.54) is 64.7 Å². The molecule has 5 aromatic rings. The fourth-order valence-corrected chi connectivity index (χ4v) is 5.86. The smallest absolute Gasteiger partial charge is 0.337 e. The largest absolute Gasteiger partial charge is 0.541 e. The van der Waals surface area contributed by atoms with Gasteiger partial charge in [0.15, 0.2) is 28.5 Å². The summed E-state index contributed by atoms with van der Waals surface area (Å²) in [6.07, 6.45) is 0. The van der Waals surface area contributed by atoms with E-state index in [4.69, 9.17) is 32.9 Å². The lowest BCUT2D eigenvalue weighted by Crippen LogP contribution is -2.44. The number of Topliss-reactive ketones (excluding diaryl/α,β-unsaturated/α-hetero) is 1. The second-order valence-electron chi connectivity index (χ2n) is 13.7. The van der Waals surface area contributed by atoms with E-state index in [0.29, 0.717) is 16.9 Å². The van der Waals surface area contributed by atoms with E-state index in [1.54, 1.807) is 19.2 Å². The molecule has 0 unspecified atom stereocenters. The van der Waals surface area contributed by atoms with Gasteiger partial charge in [0, 0.05) is 23.8 Å².